The van der Waals surface area contributed by atoms with Crippen LogP contribution >= 0.6 is 0 Å². The first kappa shape index (κ1) is 20.7. The summed E-state index contributed by atoms with van der Waals surface area (Å²) < 4.78 is 16.2. The standard InChI is InChI=1S/C24H23NO6/c26-22-14-18-6-7-20(30-16-23(27)25-8-10-29-11-9-25)12-19(18)13-21(22)24(28)31-15-17-4-2-1-3-5-17/h1-7,12-14,26H,8-11,15-16H2. The largest absolute Gasteiger partial charge is 0.507 e. The molecule has 31 heavy (non-hydrogen) atoms. The van der Waals surface area contributed by atoms with Crippen LogP contribution in [-0.2, 0) is 20.9 Å². The van der Waals surface area contributed by atoms with E-state index in [4.69, 9.17) is 14.2 Å². The fourth-order valence-electron chi connectivity index (χ4n) is 3.37. The Morgan fingerprint density at radius 2 is 1.74 bits per heavy atom. The molecule has 160 valence electrons. The van der Waals surface area contributed by atoms with Crippen molar-refractivity contribution in [3.8, 4) is 11.5 Å². The molecule has 3 aromatic rings. The highest BCUT2D eigenvalue weighted by molar-refractivity contribution is 5.98. The van der Waals surface area contributed by atoms with E-state index in [0.29, 0.717) is 37.4 Å². The molecule has 0 atom stereocenters. The quantitative estimate of drug-likeness (QED) is 0.616. The van der Waals surface area contributed by atoms with Gasteiger partial charge in [0.25, 0.3) is 5.91 Å². The Hall–Kier alpha value is -3.58. The molecule has 0 aliphatic carbocycles. The average molecular weight is 421 g/mol. The number of nitrogens with zero attached hydrogens (tertiary/aromatic N) is 1. The maximum Gasteiger partial charge on any atom is 0.342 e. The minimum atomic E-state index is -0.614. The van der Waals surface area contributed by atoms with E-state index in [9.17, 15) is 14.7 Å². The highest BCUT2D eigenvalue weighted by Gasteiger charge is 2.18. The second kappa shape index (κ2) is 9.49. The summed E-state index contributed by atoms with van der Waals surface area (Å²) in [6.07, 6.45) is 0. The van der Waals surface area contributed by atoms with E-state index >= 15 is 0 Å². The molecule has 1 amide bonds. The number of benzene rings is 3. The number of hydrogen-bond donors (Lipinski definition) is 1. The lowest BCUT2D eigenvalue weighted by molar-refractivity contribution is -0.137. The monoisotopic (exact) mass is 421 g/mol. The number of carbonyl (C=O) groups is 2. The Bertz CT molecular complexity index is 1080. The molecule has 1 N–H and O–H groups in total. The van der Waals surface area contributed by atoms with E-state index in [-0.39, 0.29) is 30.4 Å². The Labute approximate surface area is 179 Å². The second-order valence-corrected chi connectivity index (χ2v) is 7.22. The van der Waals surface area contributed by atoms with Crippen molar-refractivity contribution in [2.45, 2.75) is 6.61 Å². The highest BCUT2D eigenvalue weighted by Crippen LogP contribution is 2.29. The zero-order valence-corrected chi connectivity index (χ0v) is 17.0. The Morgan fingerprint density at radius 3 is 2.52 bits per heavy atom. The van der Waals surface area contributed by atoms with Crippen molar-refractivity contribution in [3.63, 3.8) is 0 Å². The van der Waals surface area contributed by atoms with E-state index in [0.717, 1.165) is 10.9 Å². The predicted molar refractivity (Wildman–Crippen MR) is 114 cm³/mol. The van der Waals surface area contributed by atoms with Gasteiger partial charge in [0.15, 0.2) is 6.61 Å². The number of esters is 1. The average Bonchev–Trinajstić information content (AvgIpc) is 2.81. The summed E-state index contributed by atoms with van der Waals surface area (Å²) in [6.45, 7) is 2.24. The minimum absolute atomic E-state index is 0.0738. The summed E-state index contributed by atoms with van der Waals surface area (Å²) in [5.74, 6) is -0.360. The van der Waals surface area contributed by atoms with Gasteiger partial charge in [-0.05, 0) is 40.6 Å². The van der Waals surface area contributed by atoms with E-state index in [1.54, 1.807) is 29.2 Å². The third kappa shape index (κ3) is 5.13. The molecule has 0 saturated carbocycles. The molecule has 1 aliphatic heterocycles. The van der Waals surface area contributed by atoms with E-state index in [1.807, 2.05) is 30.3 Å². The maximum absolute atomic E-state index is 12.5. The number of ether oxygens (including phenoxy) is 3. The van der Waals surface area contributed by atoms with Gasteiger partial charge in [-0.2, -0.15) is 0 Å². The van der Waals surface area contributed by atoms with Crippen LogP contribution in [0.15, 0.2) is 60.7 Å². The van der Waals surface area contributed by atoms with Gasteiger partial charge in [0, 0.05) is 13.1 Å². The molecule has 4 rings (SSSR count). The van der Waals surface area contributed by atoms with Crippen molar-refractivity contribution in [1.29, 1.82) is 0 Å². The van der Waals surface area contributed by atoms with E-state index < -0.39 is 5.97 Å². The second-order valence-electron chi connectivity index (χ2n) is 7.22. The molecule has 0 bridgehead atoms. The molecule has 1 saturated heterocycles. The van der Waals surface area contributed by atoms with Crippen molar-refractivity contribution in [1.82, 2.24) is 4.90 Å². The van der Waals surface area contributed by atoms with Gasteiger partial charge >= 0.3 is 5.97 Å². The van der Waals surface area contributed by atoms with Gasteiger partial charge in [0.1, 0.15) is 23.7 Å². The molecule has 7 nitrogen and oxygen atoms in total. The lowest BCUT2D eigenvalue weighted by Crippen LogP contribution is -2.42. The van der Waals surface area contributed by atoms with Gasteiger partial charge in [0.05, 0.1) is 13.2 Å². The van der Waals surface area contributed by atoms with Gasteiger partial charge in [-0.25, -0.2) is 4.79 Å². The minimum Gasteiger partial charge on any atom is -0.507 e. The Balaban J connectivity index is 1.45. The lowest BCUT2D eigenvalue weighted by Gasteiger charge is -2.26. The summed E-state index contributed by atoms with van der Waals surface area (Å²) in [6, 6.07) is 17.6. The van der Waals surface area contributed by atoms with Crippen LogP contribution in [0, 0.1) is 0 Å². The number of rotatable bonds is 6. The fourth-order valence-corrected chi connectivity index (χ4v) is 3.37. The molecule has 1 fully saturated rings. The van der Waals surface area contributed by atoms with Gasteiger partial charge in [-0.3, -0.25) is 4.79 Å². The zero-order chi connectivity index (χ0) is 21.6. The van der Waals surface area contributed by atoms with Crippen LogP contribution in [0.5, 0.6) is 11.5 Å². The summed E-state index contributed by atoms with van der Waals surface area (Å²) in [5.41, 5.74) is 0.932. The third-order valence-electron chi connectivity index (χ3n) is 5.09. The summed E-state index contributed by atoms with van der Waals surface area (Å²) in [7, 11) is 0. The molecular formula is C24H23NO6. The van der Waals surface area contributed by atoms with Crippen LogP contribution in [0.2, 0.25) is 0 Å². The van der Waals surface area contributed by atoms with Crippen LogP contribution in [0.25, 0.3) is 10.8 Å². The molecular weight excluding hydrogens is 398 g/mol. The number of phenolic OH excluding ortho intramolecular Hbond substituents is 1. The number of morpholine rings is 1. The van der Waals surface area contributed by atoms with Gasteiger partial charge in [-0.15, -0.1) is 0 Å². The van der Waals surface area contributed by atoms with Crippen molar-refractivity contribution in [2.24, 2.45) is 0 Å². The summed E-state index contributed by atoms with van der Waals surface area (Å²) in [5, 5.41) is 11.7. The molecule has 3 aromatic carbocycles. The SMILES string of the molecule is O=C(OCc1ccccc1)c1cc2cc(OCC(=O)N3CCOCC3)ccc2cc1O. The molecule has 1 aliphatic rings. The first-order valence-corrected chi connectivity index (χ1v) is 10.1. The summed E-state index contributed by atoms with van der Waals surface area (Å²) >= 11 is 0. The Kier molecular flexibility index (Phi) is 6.33. The van der Waals surface area contributed by atoms with Crippen molar-refractivity contribution >= 4 is 22.6 Å². The van der Waals surface area contributed by atoms with Crippen LogP contribution in [0.1, 0.15) is 15.9 Å². The number of hydrogen-bond acceptors (Lipinski definition) is 6. The topological polar surface area (TPSA) is 85.3 Å². The number of fused-ring (bicyclic) bond motifs is 1. The number of carbonyl (C=O) groups excluding carboxylic acids is 2. The maximum atomic E-state index is 12.5. The highest BCUT2D eigenvalue weighted by atomic mass is 16.5. The lowest BCUT2D eigenvalue weighted by atomic mass is 10.1. The normalized spacial score (nSPS) is 13.7. The smallest absolute Gasteiger partial charge is 0.342 e. The predicted octanol–water partition coefficient (Wildman–Crippen LogP) is 3.14. The third-order valence-corrected chi connectivity index (χ3v) is 5.09. The Morgan fingerprint density at radius 1 is 0.968 bits per heavy atom. The van der Waals surface area contributed by atoms with Crippen LogP contribution < -0.4 is 4.74 Å². The number of phenols is 1. The van der Waals surface area contributed by atoms with Crippen molar-refractivity contribution < 1.29 is 28.9 Å². The van der Waals surface area contributed by atoms with E-state index in [1.165, 1.54) is 6.07 Å². The first-order valence-electron chi connectivity index (χ1n) is 10.1. The molecule has 0 aromatic heterocycles. The number of aromatic hydroxyl groups is 1. The first-order chi connectivity index (χ1) is 15.1. The van der Waals surface area contributed by atoms with Crippen molar-refractivity contribution in [3.05, 3.63) is 71.8 Å². The van der Waals surface area contributed by atoms with Crippen LogP contribution in [-0.4, -0.2) is 54.8 Å². The van der Waals surface area contributed by atoms with E-state index in [2.05, 4.69) is 0 Å². The number of amides is 1. The molecule has 0 spiro atoms. The van der Waals surface area contributed by atoms with Crippen LogP contribution in [0.4, 0.5) is 0 Å². The molecule has 0 radical (unpaired) electrons. The summed E-state index contributed by atoms with van der Waals surface area (Å²) in [4.78, 5) is 26.5. The van der Waals surface area contributed by atoms with Gasteiger partial charge in [-0.1, -0.05) is 36.4 Å². The molecule has 1 heterocycles. The van der Waals surface area contributed by atoms with Crippen LogP contribution in [0.3, 0.4) is 0 Å². The van der Waals surface area contributed by atoms with Crippen molar-refractivity contribution in [2.75, 3.05) is 32.9 Å². The van der Waals surface area contributed by atoms with Gasteiger partial charge < -0.3 is 24.2 Å². The fraction of sp³-hybridized carbons (Fsp3) is 0.250. The molecule has 0 unspecified atom stereocenters. The molecule has 7 heteroatoms. The van der Waals surface area contributed by atoms with Gasteiger partial charge in [0.2, 0.25) is 0 Å². The zero-order valence-electron chi connectivity index (χ0n) is 17.0.